The summed E-state index contributed by atoms with van der Waals surface area (Å²) in [4.78, 5) is 7.43. The summed E-state index contributed by atoms with van der Waals surface area (Å²) in [5.74, 6) is 1.16. The Morgan fingerprint density at radius 2 is 2.05 bits per heavy atom. The molecule has 1 N–H and O–H groups in total. The van der Waals surface area contributed by atoms with Crippen LogP contribution in [0.4, 0.5) is 5.82 Å². The zero-order valence-corrected chi connectivity index (χ0v) is 14.5. The number of hydrogen-bond donors (Lipinski definition) is 1. The highest BCUT2D eigenvalue weighted by Crippen LogP contribution is 2.28. The molecule has 0 spiro atoms. The Kier molecular flexibility index (Phi) is 4.92. The maximum atomic E-state index is 4.96. The van der Waals surface area contributed by atoms with Gasteiger partial charge in [-0.25, -0.2) is 4.98 Å². The van der Waals surface area contributed by atoms with Gasteiger partial charge in [-0.05, 0) is 37.5 Å². The van der Waals surface area contributed by atoms with Crippen LogP contribution >= 0.6 is 0 Å². The molecule has 1 aliphatic heterocycles. The lowest BCUT2D eigenvalue weighted by atomic mass is 9.90. The second-order valence-corrected chi connectivity index (χ2v) is 7.69. The molecule has 2 rings (SSSR count). The first kappa shape index (κ1) is 16.3. The second-order valence-electron chi connectivity index (χ2n) is 7.69. The molecule has 1 atom stereocenters. The van der Waals surface area contributed by atoms with Crippen molar-refractivity contribution in [2.45, 2.75) is 78.4 Å². The molecule has 0 aliphatic carbocycles. The first-order chi connectivity index (χ1) is 9.77. The molecular weight excluding hydrogens is 258 g/mol. The predicted molar refractivity (Wildman–Crippen MR) is 91.0 cm³/mol. The fraction of sp³-hybridized carbons (Fsp3) is 0.722. The van der Waals surface area contributed by atoms with Crippen LogP contribution in [0.2, 0.25) is 0 Å². The third-order valence-electron chi connectivity index (χ3n) is 4.20. The SMILES string of the molecule is CC(C)NCc1cc(N2CCCC2C)nc(C(C)(C)C)c1. The Morgan fingerprint density at radius 3 is 2.57 bits per heavy atom. The summed E-state index contributed by atoms with van der Waals surface area (Å²) in [6.07, 6.45) is 2.56. The van der Waals surface area contributed by atoms with Gasteiger partial charge in [-0.2, -0.15) is 0 Å². The smallest absolute Gasteiger partial charge is 0.129 e. The van der Waals surface area contributed by atoms with Crippen LogP contribution in [-0.4, -0.2) is 23.6 Å². The number of hydrogen-bond acceptors (Lipinski definition) is 3. The number of rotatable bonds is 4. The Labute approximate surface area is 130 Å². The summed E-state index contributed by atoms with van der Waals surface area (Å²) >= 11 is 0. The van der Waals surface area contributed by atoms with Crippen molar-refractivity contribution in [1.29, 1.82) is 0 Å². The topological polar surface area (TPSA) is 28.2 Å². The molecule has 1 aliphatic rings. The van der Waals surface area contributed by atoms with Gasteiger partial charge in [0.2, 0.25) is 0 Å². The van der Waals surface area contributed by atoms with E-state index < -0.39 is 0 Å². The van der Waals surface area contributed by atoms with Crippen LogP contribution in [0.5, 0.6) is 0 Å². The summed E-state index contributed by atoms with van der Waals surface area (Å²) in [5.41, 5.74) is 2.63. The molecule has 1 aromatic heterocycles. The summed E-state index contributed by atoms with van der Waals surface area (Å²) in [6.45, 7) is 15.5. The van der Waals surface area contributed by atoms with Crippen LogP contribution in [0.25, 0.3) is 0 Å². The van der Waals surface area contributed by atoms with E-state index in [1.54, 1.807) is 0 Å². The standard InChI is InChI=1S/C18H31N3/c1-13(2)19-12-15-10-16(18(4,5)6)20-17(11-15)21-9-7-8-14(21)3/h10-11,13-14,19H,7-9,12H2,1-6H3. The van der Waals surface area contributed by atoms with Crippen molar-refractivity contribution in [3.8, 4) is 0 Å². The number of pyridine rings is 1. The van der Waals surface area contributed by atoms with Gasteiger partial charge in [-0.3, -0.25) is 0 Å². The quantitative estimate of drug-likeness (QED) is 0.912. The molecule has 118 valence electrons. The van der Waals surface area contributed by atoms with Crippen LogP contribution in [0, 0.1) is 0 Å². The molecule has 1 fully saturated rings. The van der Waals surface area contributed by atoms with E-state index in [9.17, 15) is 0 Å². The molecule has 0 amide bonds. The molecule has 0 radical (unpaired) electrons. The van der Waals surface area contributed by atoms with Crippen molar-refractivity contribution < 1.29 is 0 Å². The molecule has 1 saturated heterocycles. The van der Waals surface area contributed by atoms with E-state index in [0.717, 1.165) is 18.9 Å². The summed E-state index contributed by atoms with van der Waals surface area (Å²) in [5, 5.41) is 3.52. The fourth-order valence-corrected chi connectivity index (χ4v) is 2.80. The Morgan fingerprint density at radius 1 is 1.33 bits per heavy atom. The fourth-order valence-electron chi connectivity index (χ4n) is 2.80. The van der Waals surface area contributed by atoms with E-state index in [4.69, 9.17) is 4.98 Å². The molecule has 21 heavy (non-hydrogen) atoms. The maximum absolute atomic E-state index is 4.96. The number of aromatic nitrogens is 1. The number of anilines is 1. The molecule has 0 bridgehead atoms. The van der Waals surface area contributed by atoms with Crippen LogP contribution in [0.1, 0.15) is 65.6 Å². The zero-order chi connectivity index (χ0) is 15.6. The average molecular weight is 289 g/mol. The zero-order valence-electron chi connectivity index (χ0n) is 14.5. The third-order valence-corrected chi connectivity index (χ3v) is 4.20. The van der Waals surface area contributed by atoms with Crippen molar-refractivity contribution in [3.63, 3.8) is 0 Å². The van der Waals surface area contributed by atoms with E-state index in [0.29, 0.717) is 12.1 Å². The largest absolute Gasteiger partial charge is 0.354 e. The van der Waals surface area contributed by atoms with Gasteiger partial charge in [-0.15, -0.1) is 0 Å². The van der Waals surface area contributed by atoms with Gasteiger partial charge >= 0.3 is 0 Å². The summed E-state index contributed by atoms with van der Waals surface area (Å²) < 4.78 is 0. The second kappa shape index (κ2) is 6.35. The molecule has 0 saturated carbocycles. The van der Waals surface area contributed by atoms with Gasteiger partial charge in [-0.1, -0.05) is 34.6 Å². The van der Waals surface area contributed by atoms with Gasteiger partial charge in [0.15, 0.2) is 0 Å². The van der Waals surface area contributed by atoms with Crippen LogP contribution in [0.3, 0.4) is 0 Å². The minimum atomic E-state index is 0.0888. The van der Waals surface area contributed by atoms with Crippen LogP contribution < -0.4 is 10.2 Å². The molecular formula is C18H31N3. The Hall–Kier alpha value is -1.09. The van der Waals surface area contributed by atoms with Crippen LogP contribution in [-0.2, 0) is 12.0 Å². The monoisotopic (exact) mass is 289 g/mol. The van der Waals surface area contributed by atoms with Gasteiger partial charge < -0.3 is 10.2 Å². The Balaban J connectivity index is 2.32. The normalized spacial score (nSPS) is 19.6. The lowest BCUT2D eigenvalue weighted by Gasteiger charge is -2.27. The highest BCUT2D eigenvalue weighted by Gasteiger charge is 2.24. The van der Waals surface area contributed by atoms with Crippen molar-refractivity contribution in [2.24, 2.45) is 0 Å². The Bertz CT molecular complexity index is 474. The van der Waals surface area contributed by atoms with Crippen molar-refractivity contribution in [1.82, 2.24) is 10.3 Å². The van der Waals surface area contributed by atoms with Crippen molar-refractivity contribution >= 4 is 5.82 Å². The third kappa shape index (κ3) is 4.19. The van der Waals surface area contributed by atoms with Crippen molar-refractivity contribution in [3.05, 3.63) is 23.4 Å². The van der Waals surface area contributed by atoms with Gasteiger partial charge in [0, 0.05) is 36.3 Å². The van der Waals surface area contributed by atoms with E-state index in [1.807, 2.05) is 0 Å². The number of nitrogens with zero attached hydrogens (tertiary/aromatic N) is 2. The molecule has 2 heterocycles. The lowest BCUT2D eigenvalue weighted by Crippen LogP contribution is -2.29. The predicted octanol–water partition coefficient (Wildman–Crippen LogP) is 3.87. The maximum Gasteiger partial charge on any atom is 0.129 e. The van der Waals surface area contributed by atoms with E-state index in [2.05, 4.69) is 63.9 Å². The molecule has 0 aromatic carbocycles. The minimum absolute atomic E-state index is 0.0888. The summed E-state index contributed by atoms with van der Waals surface area (Å²) in [6, 6.07) is 5.65. The molecule has 1 aromatic rings. The van der Waals surface area contributed by atoms with E-state index >= 15 is 0 Å². The minimum Gasteiger partial charge on any atom is -0.354 e. The van der Waals surface area contributed by atoms with Gasteiger partial charge in [0.1, 0.15) is 5.82 Å². The van der Waals surface area contributed by atoms with Crippen LogP contribution in [0.15, 0.2) is 12.1 Å². The molecule has 1 unspecified atom stereocenters. The number of nitrogens with one attached hydrogen (secondary N) is 1. The van der Waals surface area contributed by atoms with E-state index in [1.165, 1.54) is 24.1 Å². The first-order valence-corrected chi connectivity index (χ1v) is 8.29. The highest BCUT2D eigenvalue weighted by atomic mass is 15.2. The average Bonchev–Trinajstić information content (AvgIpc) is 2.81. The molecule has 3 nitrogen and oxygen atoms in total. The van der Waals surface area contributed by atoms with E-state index in [-0.39, 0.29) is 5.41 Å². The van der Waals surface area contributed by atoms with Crippen molar-refractivity contribution in [2.75, 3.05) is 11.4 Å². The van der Waals surface area contributed by atoms with Gasteiger partial charge in [0.05, 0.1) is 0 Å². The lowest BCUT2D eigenvalue weighted by molar-refractivity contribution is 0.559. The van der Waals surface area contributed by atoms with Gasteiger partial charge in [0.25, 0.3) is 0 Å². The highest BCUT2D eigenvalue weighted by molar-refractivity contribution is 5.45. The first-order valence-electron chi connectivity index (χ1n) is 8.29. The summed E-state index contributed by atoms with van der Waals surface area (Å²) in [7, 11) is 0. The molecule has 3 heteroatoms.